The van der Waals surface area contributed by atoms with Gasteiger partial charge in [-0.05, 0) is 38.5 Å². The van der Waals surface area contributed by atoms with Gasteiger partial charge in [0.25, 0.3) is 0 Å². The number of rotatable bonds is 1. The van der Waals surface area contributed by atoms with Gasteiger partial charge in [-0.1, -0.05) is 6.92 Å². The zero-order valence-electron chi connectivity index (χ0n) is 9.49. The third kappa shape index (κ3) is 1.62. The molecule has 0 aromatic rings. The van der Waals surface area contributed by atoms with Crippen LogP contribution in [0.15, 0.2) is 0 Å². The first kappa shape index (κ1) is 10.5. The topological polar surface area (TPSA) is 44.1 Å². The van der Waals surface area contributed by atoms with E-state index in [9.17, 15) is 4.79 Å². The van der Waals surface area contributed by atoms with Crippen molar-refractivity contribution in [2.75, 3.05) is 6.54 Å². The monoisotopic (exact) mass is 206 g/mol. The molecule has 2 fully saturated rings. The van der Waals surface area contributed by atoms with Crippen LogP contribution in [0.2, 0.25) is 0 Å². The molecule has 0 bridgehead atoms. The lowest BCUT2D eigenvalue weighted by Crippen LogP contribution is -2.48. The maximum atomic E-state index is 12.2. The number of carbonyl (C=O) groups excluding carboxylic acids is 1. The molecule has 3 nitrogen and oxygen atoms in total. The lowest BCUT2D eigenvalue weighted by atomic mass is 9.90. The fourth-order valence-electron chi connectivity index (χ4n) is 2.40. The van der Waals surface area contributed by atoms with E-state index in [2.05, 4.69) is 19.9 Å². The van der Waals surface area contributed by atoms with E-state index in [0.717, 1.165) is 25.8 Å². The van der Waals surface area contributed by atoms with Crippen molar-refractivity contribution in [3.8, 4) is 6.07 Å². The molecule has 2 unspecified atom stereocenters. The summed E-state index contributed by atoms with van der Waals surface area (Å²) in [5.74, 6) is 0.654. The van der Waals surface area contributed by atoms with Crippen LogP contribution in [0, 0.1) is 22.7 Å². The van der Waals surface area contributed by atoms with Crippen LogP contribution < -0.4 is 0 Å². The molecular weight excluding hydrogens is 188 g/mol. The van der Waals surface area contributed by atoms with Crippen molar-refractivity contribution in [2.45, 2.75) is 45.6 Å². The van der Waals surface area contributed by atoms with Crippen LogP contribution in [0.5, 0.6) is 0 Å². The van der Waals surface area contributed by atoms with Crippen LogP contribution in [0.4, 0.5) is 0 Å². The summed E-state index contributed by atoms with van der Waals surface area (Å²) in [4.78, 5) is 14.1. The second-order valence-corrected chi connectivity index (χ2v) is 5.05. The summed E-state index contributed by atoms with van der Waals surface area (Å²) in [6.07, 6.45) is 3.81. The number of piperidine rings is 1. The number of likely N-dealkylation sites (tertiary alicyclic amines) is 1. The standard InChI is InChI=1S/C12H18N2O/c1-9-4-3-7-14(10(9)2)11(15)12(8-13)5-6-12/h9-10H,3-7H2,1-2H3. The smallest absolute Gasteiger partial charge is 0.243 e. The van der Waals surface area contributed by atoms with Crippen LogP contribution in [0.3, 0.4) is 0 Å². The highest BCUT2D eigenvalue weighted by molar-refractivity contribution is 5.88. The predicted octanol–water partition coefficient (Wildman–Crippen LogP) is 1.94. The van der Waals surface area contributed by atoms with Gasteiger partial charge in [-0.25, -0.2) is 0 Å². The summed E-state index contributed by atoms with van der Waals surface area (Å²) in [6, 6.07) is 2.50. The predicted molar refractivity (Wildman–Crippen MR) is 56.9 cm³/mol. The molecule has 82 valence electrons. The van der Waals surface area contributed by atoms with Crippen LogP contribution in [-0.4, -0.2) is 23.4 Å². The molecule has 15 heavy (non-hydrogen) atoms. The minimum absolute atomic E-state index is 0.0871. The van der Waals surface area contributed by atoms with Crippen molar-refractivity contribution >= 4 is 5.91 Å². The maximum Gasteiger partial charge on any atom is 0.243 e. The molecule has 1 heterocycles. The van der Waals surface area contributed by atoms with Crippen molar-refractivity contribution in [1.29, 1.82) is 5.26 Å². The minimum atomic E-state index is -0.634. The fourth-order valence-corrected chi connectivity index (χ4v) is 2.40. The summed E-state index contributed by atoms with van der Waals surface area (Å²) in [7, 11) is 0. The van der Waals surface area contributed by atoms with Gasteiger partial charge in [-0.15, -0.1) is 0 Å². The first-order valence-electron chi connectivity index (χ1n) is 5.83. The fraction of sp³-hybridized carbons (Fsp3) is 0.833. The second kappa shape index (κ2) is 3.52. The molecule has 1 aliphatic carbocycles. The summed E-state index contributed by atoms with van der Waals surface area (Å²) < 4.78 is 0. The SMILES string of the molecule is CC1CCCN(C(=O)C2(C#N)CC2)C1C. The van der Waals surface area contributed by atoms with Crippen LogP contribution in [0.1, 0.15) is 39.5 Å². The quantitative estimate of drug-likeness (QED) is 0.658. The Morgan fingerprint density at radius 3 is 2.67 bits per heavy atom. The number of nitriles is 1. The molecule has 0 spiro atoms. The lowest BCUT2D eigenvalue weighted by Gasteiger charge is -2.39. The second-order valence-electron chi connectivity index (χ2n) is 5.05. The van der Waals surface area contributed by atoms with Crippen LogP contribution >= 0.6 is 0 Å². The Labute approximate surface area is 91.1 Å². The molecular formula is C12H18N2O. The molecule has 0 radical (unpaired) electrons. The number of carbonyl (C=O) groups is 1. The van der Waals surface area contributed by atoms with Crippen LogP contribution in [0.25, 0.3) is 0 Å². The van der Waals surface area contributed by atoms with E-state index in [-0.39, 0.29) is 5.91 Å². The number of hydrogen-bond donors (Lipinski definition) is 0. The molecule has 2 rings (SSSR count). The molecule has 0 aromatic carbocycles. The Balaban J connectivity index is 2.10. The zero-order chi connectivity index (χ0) is 11.1. The van der Waals surface area contributed by atoms with E-state index in [4.69, 9.17) is 5.26 Å². The Morgan fingerprint density at radius 1 is 1.47 bits per heavy atom. The van der Waals surface area contributed by atoms with Gasteiger partial charge in [-0.2, -0.15) is 5.26 Å². The van der Waals surface area contributed by atoms with E-state index in [0.29, 0.717) is 12.0 Å². The van der Waals surface area contributed by atoms with Gasteiger partial charge in [0.15, 0.2) is 0 Å². The molecule has 1 amide bonds. The van der Waals surface area contributed by atoms with Gasteiger partial charge in [0, 0.05) is 12.6 Å². The number of hydrogen-bond acceptors (Lipinski definition) is 2. The third-order valence-corrected chi connectivity index (χ3v) is 4.01. The highest BCUT2D eigenvalue weighted by atomic mass is 16.2. The first-order chi connectivity index (χ1) is 7.10. The van der Waals surface area contributed by atoms with Crippen molar-refractivity contribution in [3.05, 3.63) is 0 Å². The number of amides is 1. The number of nitrogens with zero attached hydrogens (tertiary/aromatic N) is 2. The average molecular weight is 206 g/mol. The first-order valence-corrected chi connectivity index (χ1v) is 5.83. The van der Waals surface area contributed by atoms with Crippen molar-refractivity contribution in [2.24, 2.45) is 11.3 Å². The molecule has 0 N–H and O–H groups in total. The molecule has 1 aliphatic heterocycles. The molecule has 3 heteroatoms. The van der Waals surface area contributed by atoms with Gasteiger partial charge >= 0.3 is 0 Å². The van der Waals surface area contributed by atoms with Gasteiger partial charge in [-0.3, -0.25) is 4.79 Å². The van der Waals surface area contributed by atoms with Crippen molar-refractivity contribution < 1.29 is 4.79 Å². The molecule has 0 aromatic heterocycles. The van der Waals surface area contributed by atoms with E-state index in [1.165, 1.54) is 6.42 Å². The normalized spacial score (nSPS) is 33.3. The summed E-state index contributed by atoms with van der Waals surface area (Å²) in [5.41, 5.74) is -0.634. The van der Waals surface area contributed by atoms with E-state index >= 15 is 0 Å². The van der Waals surface area contributed by atoms with Gasteiger partial charge in [0.1, 0.15) is 5.41 Å². The molecule has 1 saturated heterocycles. The van der Waals surface area contributed by atoms with E-state index in [1.807, 2.05) is 4.90 Å². The van der Waals surface area contributed by atoms with Gasteiger partial charge < -0.3 is 4.90 Å². The van der Waals surface area contributed by atoms with Gasteiger partial charge in [0.2, 0.25) is 5.91 Å². The van der Waals surface area contributed by atoms with Crippen molar-refractivity contribution in [3.63, 3.8) is 0 Å². The molecule has 1 saturated carbocycles. The Bertz CT molecular complexity index is 314. The Kier molecular flexibility index (Phi) is 2.46. The maximum absolute atomic E-state index is 12.2. The third-order valence-electron chi connectivity index (χ3n) is 4.01. The lowest BCUT2D eigenvalue weighted by molar-refractivity contribution is -0.139. The van der Waals surface area contributed by atoms with E-state index < -0.39 is 5.41 Å². The van der Waals surface area contributed by atoms with Crippen molar-refractivity contribution in [1.82, 2.24) is 4.90 Å². The molecule has 2 aliphatic rings. The zero-order valence-corrected chi connectivity index (χ0v) is 9.49. The Morgan fingerprint density at radius 2 is 2.13 bits per heavy atom. The highest BCUT2D eigenvalue weighted by Gasteiger charge is 2.53. The largest absolute Gasteiger partial charge is 0.338 e. The summed E-state index contributed by atoms with van der Waals surface area (Å²) in [5, 5.41) is 9.01. The van der Waals surface area contributed by atoms with Crippen LogP contribution in [-0.2, 0) is 4.79 Å². The Hall–Kier alpha value is -1.04. The summed E-state index contributed by atoms with van der Waals surface area (Å²) in [6.45, 7) is 5.14. The summed E-state index contributed by atoms with van der Waals surface area (Å²) >= 11 is 0. The highest BCUT2D eigenvalue weighted by Crippen LogP contribution is 2.47. The van der Waals surface area contributed by atoms with Gasteiger partial charge in [0.05, 0.1) is 6.07 Å². The minimum Gasteiger partial charge on any atom is -0.338 e. The molecule has 2 atom stereocenters. The van der Waals surface area contributed by atoms with E-state index in [1.54, 1.807) is 0 Å². The average Bonchev–Trinajstić information content (AvgIpc) is 3.02.